The second kappa shape index (κ2) is 35.6. The maximum absolute atomic E-state index is 14.5. The number of aliphatic hydroxyl groups excluding tert-OH is 2. The summed E-state index contributed by atoms with van der Waals surface area (Å²) in [5.41, 5.74) is 8.36. The lowest BCUT2D eigenvalue weighted by Gasteiger charge is -2.31. The van der Waals surface area contributed by atoms with Gasteiger partial charge in [0.25, 0.3) is 23.6 Å². The molecule has 6 atom stereocenters. The van der Waals surface area contributed by atoms with E-state index in [0.717, 1.165) is 30.7 Å². The largest absolute Gasteiger partial charge is 0.493 e. The molecule has 104 heavy (non-hydrogen) atoms. The van der Waals surface area contributed by atoms with Gasteiger partial charge in [-0.2, -0.15) is 0 Å². The van der Waals surface area contributed by atoms with Crippen LogP contribution in [-0.4, -0.2) is 179 Å². The van der Waals surface area contributed by atoms with Crippen LogP contribution >= 0.6 is 21.6 Å². The number of anilines is 3. The van der Waals surface area contributed by atoms with Crippen molar-refractivity contribution in [2.45, 2.75) is 165 Å². The van der Waals surface area contributed by atoms with Crippen molar-refractivity contribution in [3.05, 3.63) is 132 Å². The van der Waals surface area contributed by atoms with Gasteiger partial charge in [-0.15, -0.1) is 0 Å². The zero-order chi connectivity index (χ0) is 75.1. The average Bonchev–Trinajstić information content (AvgIpc) is 1.59. The first-order chi connectivity index (χ1) is 49.6. The van der Waals surface area contributed by atoms with E-state index >= 15 is 0 Å². The second-order valence-electron chi connectivity index (χ2n) is 27.2. The SMILES string of the molecule is C=C1C[C@H]2C(O)N(C(=O)OCc3ccc(NC(=O)[C@H](CCCNC(N)=O)NC(=O)[C@@H](NC(=O)CCCCCN4C(=O)C=CC4=O)C(C)C)cc3)c3cc(OCCCCCOc4cc5c(cc4OC)C(=O)N4CC(=C)C[C@H]4C(O)N5C(=O)OCc4ccc(SSC(C)(C)C)cc4)c(OC)cc3C(=O)N2C1. The fraction of sp³-hybridized carbons (Fsp3) is 0.459. The Morgan fingerprint density at radius 2 is 1.14 bits per heavy atom. The minimum absolute atomic E-state index is 0.00121. The predicted octanol–water partition coefficient (Wildman–Crippen LogP) is 8.86. The molecule has 0 saturated carbocycles. The first kappa shape index (κ1) is 78.4. The lowest BCUT2D eigenvalue weighted by molar-refractivity contribution is -0.137. The van der Waals surface area contributed by atoms with Crippen molar-refractivity contribution in [1.82, 2.24) is 30.7 Å². The minimum atomic E-state index is -1.60. The molecular formula is C74H92N10O18S2. The monoisotopic (exact) mass is 1470 g/mol. The van der Waals surface area contributed by atoms with E-state index in [1.165, 1.54) is 60.4 Å². The number of nitrogens with two attached hydrogens (primary N) is 1. The second-order valence-corrected chi connectivity index (χ2v) is 30.3. The predicted molar refractivity (Wildman–Crippen MR) is 390 cm³/mol. The number of amides is 11. The molecule has 8 N–H and O–H groups in total. The van der Waals surface area contributed by atoms with Gasteiger partial charge in [-0.3, -0.25) is 38.5 Å². The molecular weight excluding hydrogens is 1380 g/mol. The number of ether oxygens (including phenoxy) is 6. The van der Waals surface area contributed by atoms with Crippen molar-refractivity contribution in [3.8, 4) is 23.0 Å². The molecule has 28 nitrogen and oxygen atoms in total. The zero-order valence-corrected chi connectivity index (χ0v) is 61.2. The fourth-order valence-corrected chi connectivity index (χ4v) is 14.5. The van der Waals surface area contributed by atoms with Gasteiger partial charge in [0, 0.05) is 72.2 Å². The Hall–Kier alpha value is -9.78. The molecule has 4 aromatic rings. The molecule has 0 bridgehead atoms. The summed E-state index contributed by atoms with van der Waals surface area (Å²) in [6.07, 6.45) is 1.30. The summed E-state index contributed by atoms with van der Waals surface area (Å²) in [5.74, 6) is -2.92. The lowest BCUT2D eigenvalue weighted by Crippen LogP contribution is -2.54. The molecule has 558 valence electrons. The number of imide groups is 1. The van der Waals surface area contributed by atoms with Gasteiger partial charge in [0.05, 0.1) is 62.0 Å². The van der Waals surface area contributed by atoms with Crippen molar-refractivity contribution >= 4 is 98.2 Å². The summed E-state index contributed by atoms with van der Waals surface area (Å²) in [6.45, 7) is 18.5. The molecule has 9 rings (SSSR count). The number of nitrogens with one attached hydrogen (secondary N) is 4. The van der Waals surface area contributed by atoms with Crippen LogP contribution in [0.25, 0.3) is 0 Å². The Morgan fingerprint density at radius 1 is 0.644 bits per heavy atom. The molecule has 30 heteroatoms. The molecule has 5 heterocycles. The molecule has 0 aromatic heterocycles. The van der Waals surface area contributed by atoms with Crippen molar-refractivity contribution in [1.29, 1.82) is 0 Å². The molecule has 0 aliphatic carbocycles. The van der Waals surface area contributed by atoms with Crippen molar-refractivity contribution in [2.75, 3.05) is 68.7 Å². The van der Waals surface area contributed by atoms with E-state index in [1.807, 2.05) is 24.3 Å². The number of carbonyl (C=O) groups is 10. The number of carbonyl (C=O) groups excluding carboxylic acids is 10. The van der Waals surface area contributed by atoms with Gasteiger partial charge in [0.2, 0.25) is 17.7 Å². The zero-order valence-electron chi connectivity index (χ0n) is 59.5. The van der Waals surface area contributed by atoms with E-state index in [9.17, 15) is 58.2 Å². The van der Waals surface area contributed by atoms with Crippen LogP contribution in [0.1, 0.15) is 137 Å². The number of urea groups is 1. The van der Waals surface area contributed by atoms with E-state index in [4.69, 9.17) is 34.2 Å². The highest BCUT2D eigenvalue weighted by Crippen LogP contribution is 2.45. The molecule has 5 aliphatic rings. The first-order valence-corrected chi connectivity index (χ1v) is 36.7. The van der Waals surface area contributed by atoms with E-state index in [1.54, 1.807) is 59.7 Å². The molecule has 5 aliphatic heterocycles. The van der Waals surface area contributed by atoms with E-state index < -0.39 is 90.3 Å². The fourth-order valence-electron chi connectivity index (χ4n) is 12.5. The number of benzene rings is 4. The van der Waals surface area contributed by atoms with Gasteiger partial charge in [0.15, 0.2) is 35.5 Å². The van der Waals surface area contributed by atoms with Crippen LogP contribution in [-0.2, 0) is 46.7 Å². The summed E-state index contributed by atoms with van der Waals surface area (Å²) in [4.78, 5) is 140. The third kappa shape index (κ3) is 19.9. The summed E-state index contributed by atoms with van der Waals surface area (Å²) in [6, 6.07) is 15.2. The quantitative estimate of drug-likeness (QED) is 0.0104. The highest BCUT2D eigenvalue weighted by atomic mass is 33.1. The van der Waals surface area contributed by atoms with Gasteiger partial charge in [-0.1, -0.05) is 111 Å². The number of rotatable bonds is 32. The van der Waals surface area contributed by atoms with Gasteiger partial charge >= 0.3 is 18.2 Å². The number of methoxy groups -OCH3 is 2. The Labute approximate surface area is 612 Å². The Bertz CT molecular complexity index is 3900. The number of aliphatic hydroxyl groups is 2. The molecule has 4 aromatic carbocycles. The number of primary amides is 1. The van der Waals surface area contributed by atoms with E-state index in [-0.39, 0.29) is 147 Å². The third-order valence-corrected chi connectivity index (χ3v) is 21.3. The van der Waals surface area contributed by atoms with Gasteiger partial charge in [-0.05, 0) is 111 Å². The van der Waals surface area contributed by atoms with Crippen LogP contribution in [0.4, 0.5) is 31.4 Å². The molecule has 2 saturated heterocycles. The first-order valence-electron chi connectivity index (χ1n) is 34.6. The normalized spacial score (nSPS) is 18.2. The van der Waals surface area contributed by atoms with E-state index in [2.05, 4.69) is 55.2 Å². The van der Waals surface area contributed by atoms with E-state index in [0.29, 0.717) is 55.3 Å². The van der Waals surface area contributed by atoms with Gasteiger partial charge in [-0.25, -0.2) is 24.2 Å². The number of hydrogen-bond donors (Lipinski definition) is 7. The van der Waals surface area contributed by atoms with Crippen LogP contribution in [0.5, 0.6) is 23.0 Å². The number of fused-ring (bicyclic) bond motifs is 4. The summed E-state index contributed by atoms with van der Waals surface area (Å²) in [7, 11) is 6.22. The summed E-state index contributed by atoms with van der Waals surface area (Å²) < 4.78 is 35.8. The topological polar surface area (TPSA) is 357 Å². The third-order valence-electron chi connectivity index (χ3n) is 17.9. The van der Waals surface area contributed by atoms with Crippen LogP contribution in [0.2, 0.25) is 0 Å². The smallest absolute Gasteiger partial charge is 0.416 e. The minimum Gasteiger partial charge on any atom is -0.493 e. The van der Waals surface area contributed by atoms with Crippen LogP contribution in [0.15, 0.2) is 114 Å². The highest BCUT2D eigenvalue weighted by molar-refractivity contribution is 8.77. The van der Waals surface area contributed by atoms with Crippen LogP contribution < -0.4 is 55.7 Å². The highest BCUT2D eigenvalue weighted by Gasteiger charge is 2.48. The number of unbranched alkanes of at least 4 members (excludes halogenated alkanes) is 4. The molecule has 2 fully saturated rings. The van der Waals surface area contributed by atoms with Gasteiger partial charge < -0.3 is 75.4 Å². The van der Waals surface area contributed by atoms with Crippen LogP contribution in [0.3, 0.4) is 0 Å². The van der Waals surface area contributed by atoms with Crippen molar-refractivity contribution in [3.63, 3.8) is 0 Å². The summed E-state index contributed by atoms with van der Waals surface area (Å²) in [5, 5.41) is 34.8. The average molecular weight is 1470 g/mol. The van der Waals surface area contributed by atoms with Crippen molar-refractivity contribution < 1.29 is 86.6 Å². The lowest BCUT2D eigenvalue weighted by atomic mass is 10.0. The number of nitrogens with zero attached hydrogens (tertiary/aromatic N) is 5. The Morgan fingerprint density at radius 3 is 1.62 bits per heavy atom. The maximum atomic E-state index is 14.5. The Balaban J connectivity index is 0.811. The molecule has 0 radical (unpaired) electrons. The summed E-state index contributed by atoms with van der Waals surface area (Å²) >= 11 is 0. The van der Waals surface area contributed by atoms with Gasteiger partial charge in [0.1, 0.15) is 25.3 Å². The van der Waals surface area contributed by atoms with Crippen LogP contribution in [0, 0.1) is 5.92 Å². The molecule has 2 unspecified atom stereocenters. The Kier molecular flexibility index (Phi) is 26.8. The molecule has 11 amide bonds. The maximum Gasteiger partial charge on any atom is 0.416 e. The number of hydrogen-bond acceptors (Lipinski definition) is 20. The van der Waals surface area contributed by atoms with Crippen molar-refractivity contribution in [2.24, 2.45) is 11.7 Å². The molecule has 0 spiro atoms. The standard InChI is InChI=1S/C74H92N10O18S2/c1-43(2)64(79-61(85)18-12-10-13-30-80-62(86)27-28-63(80)87)66(89)78-52(17-16-29-76-71(75)94)65(88)77-48-23-19-46(20-24-48)41-101-72(95)83-53-37-59(57(97-8)35-50(53)67(90)81-39-44(3)33-55(81)69(83)92)99-31-14-11-15-32-100-60-38-54-51(36-58(60)98-9)68(91)82-40-45(4)34-56(82)70(93)84(54)73(96)102-42-47-21-25-49(26-22-47)103-104-74(5,6)7/h19-28,35-38,43,52,55-56,64,69-70,92-93H,3-4,10-18,29-34,39-42H2,1-2,5-9H3,(H,77,88)(H,78,89)(H,79,85)(H3,75,76,94)/t52-,55-,56-,64-,69?,70?/m0/s1.